The second kappa shape index (κ2) is 4.53. The lowest BCUT2D eigenvalue weighted by molar-refractivity contribution is 0.299. The Kier molecular flexibility index (Phi) is 3.63. The zero-order chi connectivity index (χ0) is 8.97. The summed E-state index contributed by atoms with van der Waals surface area (Å²) in [6.07, 6.45) is 0.606. The maximum absolute atomic E-state index is 8.82. The first kappa shape index (κ1) is 9.62. The molecule has 0 unspecified atom stereocenters. The Labute approximate surface area is 72.2 Å². The first-order chi connectivity index (χ1) is 5.74. The van der Waals surface area contributed by atoms with E-state index < -0.39 is 8.38 Å². The fourth-order valence-corrected chi connectivity index (χ4v) is 1.34. The SMILES string of the molecule is OCCc1ccc(P(O)O)cc1. The quantitative estimate of drug-likeness (QED) is 0.588. The summed E-state index contributed by atoms with van der Waals surface area (Å²) in [4.78, 5) is 17.6. The molecule has 0 bridgehead atoms. The highest BCUT2D eigenvalue weighted by molar-refractivity contribution is 7.54. The second-order valence-corrected chi connectivity index (χ2v) is 3.52. The van der Waals surface area contributed by atoms with Crippen LogP contribution in [0.4, 0.5) is 0 Å². The van der Waals surface area contributed by atoms with Gasteiger partial charge >= 0.3 is 0 Å². The Balaban J connectivity index is 2.71. The molecule has 0 amide bonds. The molecule has 1 rings (SSSR count). The van der Waals surface area contributed by atoms with Crippen molar-refractivity contribution in [1.82, 2.24) is 0 Å². The van der Waals surface area contributed by atoms with Crippen LogP contribution in [-0.4, -0.2) is 21.5 Å². The Morgan fingerprint density at radius 3 is 2.08 bits per heavy atom. The normalized spacial score (nSPS) is 10.7. The van der Waals surface area contributed by atoms with Gasteiger partial charge in [-0.15, -0.1) is 0 Å². The largest absolute Gasteiger partial charge is 0.396 e. The van der Waals surface area contributed by atoms with Crippen molar-refractivity contribution in [2.75, 3.05) is 6.61 Å². The van der Waals surface area contributed by atoms with Gasteiger partial charge < -0.3 is 14.9 Å². The molecule has 4 heteroatoms. The number of rotatable bonds is 3. The average Bonchev–Trinajstić information content (AvgIpc) is 2.06. The van der Waals surface area contributed by atoms with Crippen LogP contribution in [0.1, 0.15) is 5.56 Å². The van der Waals surface area contributed by atoms with E-state index in [-0.39, 0.29) is 6.61 Å². The molecule has 0 atom stereocenters. The predicted molar refractivity (Wildman–Crippen MR) is 48.2 cm³/mol. The number of hydrogen-bond donors (Lipinski definition) is 3. The van der Waals surface area contributed by atoms with Crippen LogP contribution in [0.2, 0.25) is 0 Å². The molecule has 1 aromatic rings. The van der Waals surface area contributed by atoms with E-state index in [1.165, 1.54) is 0 Å². The van der Waals surface area contributed by atoms with Crippen LogP contribution in [0.15, 0.2) is 24.3 Å². The highest BCUT2D eigenvalue weighted by Gasteiger charge is 2.01. The van der Waals surface area contributed by atoms with E-state index in [4.69, 9.17) is 14.9 Å². The minimum atomic E-state index is -1.98. The molecule has 0 heterocycles. The molecule has 3 nitrogen and oxygen atoms in total. The number of benzene rings is 1. The molecule has 66 valence electrons. The molecule has 12 heavy (non-hydrogen) atoms. The van der Waals surface area contributed by atoms with Gasteiger partial charge in [0.1, 0.15) is 0 Å². The molecule has 0 aliphatic heterocycles. The molecule has 1 aromatic carbocycles. The summed E-state index contributed by atoms with van der Waals surface area (Å²) in [5.41, 5.74) is 0.998. The summed E-state index contributed by atoms with van der Waals surface area (Å²) in [6.45, 7) is 0.117. The maximum atomic E-state index is 8.82. The van der Waals surface area contributed by atoms with Gasteiger partial charge in [0, 0.05) is 11.9 Å². The molecule has 3 N–H and O–H groups in total. The van der Waals surface area contributed by atoms with E-state index in [9.17, 15) is 0 Å². The van der Waals surface area contributed by atoms with Gasteiger partial charge in [0.15, 0.2) is 8.38 Å². The van der Waals surface area contributed by atoms with Gasteiger partial charge in [-0.3, -0.25) is 0 Å². The zero-order valence-electron chi connectivity index (χ0n) is 6.51. The molecule has 0 fully saturated rings. The minimum Gasteiger partial charge on any atom is -0.396 e. The van der Waals surface area contributed by atoms with Crippen molar-refractivity contribution < 1.29 is 14.9 Å². The number of aliphatic hydroxyl groups is 1. The Hall–Kier alpha value is -0.470. The third-order valence-electron chi connectivity index (χ3n) is 1.57. The lowest BCUT2D eigenvalue weighted by atomic mass is 10.2. The summed E-state index contributed by atoms with van der Waals surface area (Å²) < 4.78 is 0. The highest BCUT2D eigenvalue weighted by Crippen LogP contribution is 2.21. The van der Waals surface area contributed by atoms with Crippen LogP contribution in [-0.2, 0) is 6.42 Å². The van der Waals surface area contributed by atoms with Crippen LogP contribution in [0, 0.1) is 0 Å². The maximum Gasteiger partial charge on any atom is 0.199 e. The molecular formula is C8H11O3P. The van der Waals surface area contributed by atoms with E-state index in [1.54, 1.807) is 24.3 Å². The molecule has 0 radical (unpaired) electrons. The van der Waals surface area contributed by atoms with Crippen LogP contribution in [0.25, 0.3) is 0 Å². The van der Waals surface area contributed by atoms with E-state index in [2.05, 4.69) is 0 Å². The predicted octanol–water partition coefficient (Wildman–Crippen LogP) is 0.143. The van der Waals surface area contributed by atoms with E-state index >= 15 is 0 Å². The second-order valence-electron chi connectivity index (χ2n) is 2.43. The van der Waals surface area contributed by atoms with E-state index in [0.29, 0.717) is 11.7 Å². The third-order valence-corrected chi connectivity index (χ3v) is 2.33. The summed E-state index contributed by atoms with van der Waals surface area (Å²) in [5.74, 6) is 0. The topological polar surface area (TPSA) is 60.7 Å². The molecule has 0 saturated carbocycles. The van der Waals surface area contributed by atoms with Crippen molar-refractivity contribution in [2.45, 2.75) is 6.42 Å². The Morgan fingerprint density at radius 1 is 1.08 bits per heavy atom. The van der Waals surface area contributed by atoms with Crippen LogP contribution in [0.3, 0.4) is 0 Å². The standard InChI is InChI=1S/C8H11O3P/c9-6-5-7-1-3-8(4-2-7)12(10)11/h1-4,9-11H,5-6H2. The Morgan fingerprint density at radius 2 is 1.67 bits per heavy atom. The van der Waals surface area contributed by atoms with Crippen LogP contribution >= 0.6 is 8.38 Å². The molecule has 0 spiro atoms. The van der Waals surface area contributed by atoms with E-state index in [0.717, 1.165) is 5.56 Å². The smallest absolute Gasteiger partial charge is 0.199 e. The fraction of sp³-hybridized carbons (Fsp3) is 0.250. The lowest BCUT2D eigenvalue weighted by Gasteiger charge is -2.02. The van der Waals surface area contributed by atoms with Crippen molar-refractivity contribution in [3.63, 3.8) is 0 Å². The molecule has 0 aliphatic rings. The van der Waals surface area contributed by atoms with Gasteiger partial charge in [0.2, 0.25) is 0 Å². The van der Waals surface area contributed by atoms with Gasteiger partial charge in [-0.05, 0) is 24.1 Å². The van der Waals surface area contributed by atoms with Crippen LogP contribution < -0.4 is 5.30 Å². The monoisotopic (exact) mass is 186 g/mol. The average molecular weight is 186 g/mol. The highest BCUT2D eigenvalue weighted by atomic mass is 31.2. The first-order valence-corrected chi connectivity index (χ1v) is 4.86. The summed E-state index contributed by atoms with van der Waals surface area (Å²) >= 11 is 0. The van der Waals surface area contributed by atoms with Crippen LogP contribution in [0.5, 0.6) is 0 Å². The summed E-state index contributed by atoms with van der Waals surface area (Å²) in [7, 11) is -1.98. The first-order valence-electron chi connectivity index (χ1n) is 3.61. The van der Waals surface area contributed by atoms with Crippen molar-refractivity contribution >= 4 is 13.7 Å². The van der Waals surface area contributed by atoms with Crippen molar-refractivity contribution in [2.24, 2.45) is 0 Å². The molecule has 0 aliphatic carbocycles. The summed E-state index contributed by atoms with van der Waals surface area (Å²) in [5, 5.41) is 9.14. The Bertz CT molecular complexity index is 233. The van der Waals surface area contributed by atoms with Crippen molar-refractivity contribution in [1.29, 1.82) is 0 Å². The minimum absolute atomic E-state index is 0.117. The van der Waals surface area contributed by atoms with Gasteiger partial charge in [-0.1, -0.05) is 12.1 Å². The van der Waals surface area contributed by atoms with Gasteiger partial charge in [0.25, 0.3) is 0 Å². The van der Waals surface area contributed by atoms with Crippen molar-refractivity contribution in [3.8, 4) is 0 Å². The summed E-state index contributed by atoms with van der Waals surface area (Å²) in [6, 6.07) is 6.90. The van der Waals surface area contributed by atoms with Gasteiger partial charge in [-0.2, -0.15) is 0 Å². The van der Waals surface area contributed by atoms with E-state index in [1.807, 2.05) is 0 Å². The van der Waals surface area contributed by atoms with Gasteiger partial charge in [-0.25, -0.2) is 0 Å². The number of hydrogen-bond acceptors (Lipinski definition) is 3. The fourth-order valence-electron chi connectivity index (χ4n) is 0.925. The molecular weight excluding hydrogens is 175 g/mol. The number of aliphatic hydroxyl groups excluding tert-OH is 1. The van der Waals surface area contributed by atoms with Crippen molar-refractivity contribution in [3.05, 3.63) is 29.8 Å². The molecule has 0 aromatic heterocycles. The lowest BCUT2D eigenvalue weighted by Crippen LogP contribution is -2.00. The van der Waals surface area contributed by atoms with Gasteiger partial charge in [0.05, 0.1) is 0 Å². The third kappa shape index (κ3) is 2.54. The zero-order valence-corrected chi connectivity index (χ0v) is 7.41. The molecule has 0 saturated heterocycles.